The van der Waals surface area contributed by atoms with Gasteiger partial charge in [0.2, 0.25) is 0 Å². The molecule has 0 aromatic carbocycles. The van der Waals surface area contributed by atoms with Crippen LogP contribution >= 0.6 is 0 Å². The molecule has 0 saturated heterocycles. The van der Waals surface area contributed by atoms with Gasteiger partial charge in [0.1, 0.15) is 0 Å². The van der Waals surface area contributed by atoms with Crippen molar-refractivity contribution < 1.29 is 4.74 Å². The fourth-order valence-electron chi connectivity index (χ4n) is 1.71. The molecule has 0 heterocycles. The number of ether oxygens (including phenoxy) is 1. The van der Waals surface area contributed by atoms with Crippen LogP contribution in [0.5, 0.6) is 0 Å². The molecule has 0 rings (SSSR count). The second-order valence-electron chi connectivity index (χ2n) is 5.46. The van der Waals surface area contributed by atoms with Crippen molar-refractivity contribution in [1.29, 1.82) is 0 Å². The van der Waals surface area contributed by atoms with Gasteiger partial charge in [0.15, 0.2) is 0 Å². The Morgan fingerprint density at radius 2 is 1.69 bits per heavy atom. The molecule has 2 heteroatoms. The molecule has 2 nitrogen and oxygen atoms in total. The third-order valence-corrected chi connectivity index (χ3v) is 2.88. The zero-order valence-corrected chi connectivity index (χ0v) is 11.9. The Labute approximate surface area is 102 Å². The Balaban J connectivity index is 3.63. The van der Waals surface area contributed by atoms with Crippen LogP contribution in [0.1, 0.15) is 47.5 Å². The SMILES string of the molecule is CCCOCCC(CNCC(C)C)C(C)C. The molecule has 1 unspecified atom stereocenters. The molecule has 16 heavy (non-hydrogen) atoms. The number of rotatable bonds is 10. The molecule has 0 spiro atoms. The highest BCUT2D eigenvalue weighted by Gasteiger charge is 2.12. The Kier molecular flexibility index (Phi) is 10.0. The van der Waals surface area contributed by atoms with E-state index in [0.29, 0.717) is 0 Å². The van der Waals surface area contributed by atoms with E-state index >= 15 is 0 Å². The normalized spacial score (nSPS) is 13.7. The highest BCUT2D eigenvalue weighted by molar-refractivity contribution is 4.66. The van der Waals surface area contributed by atoms with Crippen molar-refractivity contribution in [3.05, 3.63) is 0 Å². The summed E-state index contributed by atoms with van der Waals surface area (Å²) in [6, 6.07) is 0. The van der Waals surface area contributed by atoms with Crippen molar-refractivity contribution in [2.24, 2.45) is 17.8 Å². The zero-order valence-electron chi connectivity index (χ0n) is 11.9. The van der Waals surface area contributed by atoms with E-state index in [-0.39, 0.29) is 0 Å². The van der Waals surface area contributed by atoms with Crippen LogP contribution in [0.15, 0.2) is 0 Å². The molecule has 0 bridgehead atoms. The lowest BCUT2D eigenvalue weighted by Gasteiger charge is -2.22. The summed E-state index contributed by atoms with van der Waals surface area (Å²) >= 11 is 0. The highest BCUT2D eigenvalue weighted by atomic mass is 16.5. The standard InChI is InChI=1S/C14H31NO/c1-6-8-16-9-7-14(13(4)5)11-15-10-12(2)3/h12-15H,6-11H2,1-5H3. The number of hydrogen-bond acceptors (Lipinski definition) is 2. The van der Waals surface area contributed by atoms with Crippen LogP contribution in [0.4, 0.5) is 0 Å². The smallest absolute Gasteiger partial charge is 0.0469 e. The summed E-state index contributed by atoms with van der Waals surface area (Å²) in [5, 5.41) is 3.55. The summed E-state index contributed by atoms with van der Waals surface area (Å²) in [7, 11) is 0. The van der Waals surface area contributed by atoms with Gasteiger partial charge in [-0.2, -0.15) is 0 Å². The molecule has 0 aromatic heterocycles. The summed E-state index contributed by atoms with van der Waals surface area (Å²) < 4.78 is 5.56. The molecule has 0 aliphatic carbocycles. The fourth-order valence-corrected chi connectivity index (χ4v) is 1.71. The van der Waals surface area contributed by atoms with E-state index in [9.17, 15) is 0 Å². The molecule has 98 valence electrons. The summed E-state index contributed by atoms with van der Waals surface area (Å²) in [4.78, 5) is 0. The average molecular weight is 229 g/mol. The Bertz CT molecular complexity index is 146. The topological polar surface area (TPSA) is 21.3 Å². The minimum atomic E-state index is 0.740. The molecule has 0 radical (unpaired) electrons. The largest absolute Gasteiger partial charge is 0.381 e. The van der Waals surface area contributed by atoms with E-state index in [4.69, 9.17) is 4.74 Å². The third-order valence-electron chi connectivity index (χ3n) is 2.88. The number of nitrogens with one attached hydrogen (secondary N) is 1. The van der Waals surface area contributed by atoms with Gasteiger partial charge in [0.05, 0.1) is 0 Å². The Morgan fingerprint density at radius 3 is 2.19 bits per heavy atom. The van der Waals surface area contributed by atoms with Gasteiger partial charge in [0.25, 0.3) is 0 Å². The first-order chi connectivity index (χ1) is 7.57. The predicted octanol–water partition coefficient (Wildman–Crippen LogP) is 3.32. The maximum Gasteiger partial charge on any atom is 0.0469 e. The maximum absolute atomic E-state index is 5.56. The van der Waals surface area contributed by atoms with Crippen molar-refractivity contribution in [3.63, 3.8) is 0 Å². The van der Waals surface area contributed by atoms with E-state index in [1.807, 2.05) is 0 Å². The van der Waals surface area contributed by atoms with E-state index in [0.717, 1.165) is 50.5 Å². The second-order valence-corrected chi connectivity index (χ2v) is 5.46. The molecule has 0 amide bonds. The van der Waals surface area contributed by atoms with Gasteiger partial charge in [0, 0.05) is 13.2 Å². The summed E-state index contributed by atoms with van der Waals surface area (Å²) in [5.74, 6) is 2.23. The molecule has 0 aromatic rings. The van der Waals surface area contributed by atoms with Crippen molar-refractivity contribution >= 4 is 0 Å². The maximum atomic E-state index is 5.56. The monoisotopic (exact) mass is 229 g/mol. The highest BCUT2D eigenvalue weighted by Crippen LogP contribution is 2.14. The van der Waals surface area contributed by atoms with Crippen LogP contribution in [0, 0.1) is 17.8 Å². The van der Waals surface area contributed by atoms with Gasteiger partial charge in [-0.3, -0.25) is 0 Å². The summed E-state index contributed by atoms with van der Waals surface area (Å²) in [5.41, 5.74) is 0. The van der Waals surface area contributed by atoms with Gasteiger partial charge in [-0.05, 0) is 43.7 Å². The van der Waals surface area contributed by atoms with Gasteiger partial charge >= 0.3 is 0 Å². The molecule has 0 aliphatic rings. The zero-order chi connectivity index (χ0) is 12.4. The number of hydrogen-bond donors (Lipinski definition) is 1. The lowest BCUT2D eigenvalue weighted by molar-refractivity contribution is 0.113. The predicted molar refractivity (Wildman–Crippen MR) is 71.8 cm³/mol. The van der Waals surface area contributed by atoms with Crippen molar-refractivity contribution in [1.82, 2.24) is 5.32 Å². The first-order valence-corrected chi connectivity index (χ1v) is 6.86. The van der Waals surface area contributed by atoms with E-state index in [1.165, 1.54) is 6.42 Å². The fraction of sp³-hybridized carbons (Fsp3) is 1.00. The summed E-state index contributed by atoms with van der Waals surface area (Å²) in [6.07, 6.45) is 2.31. The quantitative estimate of drug-likeness (QED) is 0.580. The van der Waals surface area contributed by atoms with Crippen LogP contribution in [0.3, 0.4) is 0 Å². The minimum absolute atomic E-state index is 0.740. The van der Waals surface area contributed by atoms with Gasteiger partial charge in [-0.15, -0.1) is 0 Å². The van der Waals surface area contributed by atoms with E-state index in [1.54, 1.807) is 0 Å². The third kappa shape index (κ3) is 9.17. The lowest BCUT2D eigenvalue weighted by atomic mass is 9.92. The Hall–Kier alpha value is -0.0800. The summed E-state index contributed by atoms with van der Waals surface area (Å²) in [6.45, 7) is 15.4. The van der Waals surface area contributed by atoms with Crippen LogP contribution in [-0.4, -0.2) is 26.3 Å². The average Bonchev–Trinajstić information content (AvgIpc) is 2.20. The first-order valence-electron chi connectivity index (χ1n) is 6.86. The molecule has 1 atom stereocenters. The van der Waals surface area contributed by atoms with Crippen LogP contribution in [-0.2, 0) is 4.74 Å². The van der Waals surface area contributed by atoms with Crippen LogP contribution in [0.2, 0.25) is 0 Å². The molecule has 0 aliphatic heterocycles. The van der Waals surface area contributed by atoms with E-state index < -0.39 is 0 Å². The van der Waals surface area contributed by atoms with E-state index in [2.05, 4.69) is 39.9 Å². The molecule has 1 N–H and O–H groups in total. The van der Waals surface area contributed by atoms with Crippen LogP contribution < -0.4 is 5.32 Å². The van der Waals surface area contributed by atoms with Crippen molar-refractivity contribution in [2.75, 3.05) is 26.3 Å². The molecular weight excluding hydrogens is 198 g/mol. The molecular formula is C14H31NO. The lowest BCUT2D eigenvalue weighted by Crippen LogP contribution is -2.29. The second kappa shape index (κ2) is 10.1. The van der Waals surface area contributed by atoms with Gasteiger partial charge in [-0.25, -0.2) is 0 Å². The molecule has 0 fully saturated rings. The molecule has 0 saturated carbocycles. The van der Waals surface area contributed by atoms with Crippen molar-refractivity contribution in [2.45, 2.75) is 47.5 Å². The van der Waals surface area contributed by atoms with Crippen LogP contribution in [0.25, 0.3) is 0 Å². The Morgan fingerprint density at radius 1 is 1.00 bits per heavy atom. The minimum Gasteiger partial charge on any atom is -0.381 e. The van der Waals surface area contributed by atoms with Gasteiger partial charge in [-0.1, -0.05) is 34.6 Å². The first kappa shape index (κ1) is 15.9. The van der Waals surface area contributed by atoms with Gasteiger partial charge < -0.3 is 10.1 Å². The van der Waals surface area contributed by atoms with Crippen molar-refractivity contribution in [3.8, 4) is 0 Å².